The quantitative estimate of drug-likeness (QED) is 0.621. The van der Waals surface area contributed by atoms with Crippen LogP contribution < -0.4 is 5.32 Å². The summed E-state index contributed by atoms with van der Waals surface area (Å²) < 4.78 is 22.9. The average Bonchev–Trinajstić information content (AvgIpc) is 2.48. The van der Waals surface area contributed by atoms with Crippen LogP contribution in [-0.4, -0.2) is 50.6 Å². The van der Waals surface area contributed by atoms with Crippen molar-refractivity contribution in [1.82, 2.24) is 10.2 Å². The maximum absolute atomic E-state index is 11.4. The Balaban J connectivity index is 2.19. The third-order valence-electron chi connectivity index (χ3n) is 2.97. The molecule has 0 aliphatic carbocycles. The maximum Gasteiger partial charge on any atom is 0.164 e. The van der Waals surface area contributed by atoms with E-state index in [1.54, 1.807) is 0 Å². The minimum absolute atomic E-state index is 0.226. The van der Waals surface area contributed by atoms with Gasteiger partial charge in [-0.15, -0.1) is 0 Å². The Hall–Kier alpha value is -0.130. The fourth-order valence-electron chi connectivity index (χ4n) is 2.40. The highest BCUT2D eigenvalue weighted by molar-refractivity contribution is 7.91. The summed E-state index contributed by atoms with van der Waals surface area (Å²) in [4.78, 5) is 2.29. The van der Waals surface area contributed by atoms with E-state index in [0.29, 0.717) is 0 Å². The van der Waals surface area contributed by atoms with Gasteiger partial charge in [0.25, 0.3) is 0 Å². The Labute approximate surface area is 79.2 Å². The molecule has 0 radical (unpaired) electrons. The third-order valence-corrected chi connectivity index (χ3v) is 4.37. The monoisotopic (exact) mass is 204 g/mol. The van der Waals surface area contributed by atoms with E-state index in [9.17, 15) is 8.42 Å². The second-order valence-electron chi connectivity index (χ2n) is 3.95. The molecule has 2 atom stereocenters. The minimum Gasteiger partial charge on any atom is -0.299 e. The van der Waals surface area contributed by atoms with Gasteiger partial charge in [-0.25, -0.2) is 8.42 Å². The van der Waals surface area contributed by atoms with Gasteiger partial charge in [-0.05, 0) is 19.4 Å². The predicted octanol–water partition coefficient (Wildman–Crippen LogP) is -0.575. The molecule has 1 N–H and O–H groups in total. The summed E-state index contributed by atoms with van der Waals surface area (Å²) in [5.41, 5.74) is 0. The molecule has 0 aromatic heterocycles. The van der Waals surface area contributed by atoms with Crippen molar-refractivity contribution in [1.29, 1.82) is 0 Å². The van der Waals surface area contributed by atoms with Crippen LogP contribution in [0.1, 0.15) is 12.8 Å². The van der Waals surface area contributed by atoms with Crippen molar-refractivity contribution in [2.75, 3.05) is 25.9 Å². The molecule has 2 saturated heterocycles. The number of fused-ring (bicyclic) bond motifs is 1. The van der Waals surface area contributed by atoms with E-state index in [1.807, 2.05) is 0 Å². The zero-order valence-corrected chi connectivity index (χ0v) is 8.68. The van der Waals surface area contributed by atoms with E-state index >= 15 is 0 Å². The molecule has 0 amide bonds. The van der Waals surface area contributed by atoms with Gasteiger partial charge >= 0.3 is 0 Å². The largest absolute Gasteiger partial charge is 0.299 e. The Morgan fingerprint density at radius 3 is 2.85 bits per heavy atom. The molecule has 0 aromatic carbocycles. The molecular formula is C8H16N2O2S. The second-order valence-corrected chi connectivity index (χ2v) is 6.12. The number of sulfone groups is 1. The molecular weight excluding hydrogens is 188 g/mol. The molecule has 2 aliphatic rings. The lowest BCUT2D eigenvalue weighted by Gasteiger charge is -2.36. The first-order valence-electron chi connectivity index (χ1n) is 4.75. The van der Waals surface area contributed by atoms with Gasteiger partial charge in [-0.2, -0.15) is 0 Å². The van der Waals surface area contributed by atoms with Gasteiger partial charge < -0.3 is 0 Å². The molecule has 2 fully saturated rings. The topological polar surface area (TPSA) is 49.4 Å². The smallest absolute Gasteiger partial charge is 0.164 e. The van der Waals surface area contributed by atoms with Crippen molar-refractivity contribution in [2.45, 2.75) is 24.3 Å². The standard InChI is InChI=1S/C8H16N2O2S/c1-13(11,12)8-7-3-2-5-10(7)6-4-9-8/h7-9H,2-6H2,1H3. The molecule has 0 aromatic rings. The van der Waals surface area contributed by atoms with Crippen molar-refractivity contribution in [2.24, 2.45) is 0 Å². The zero-order chi connectivity index (χ0) is 9.47. The molecule has 0 saturated carbocycles. The van der Waals surface area contributed by atoms with Gasteiger partial charge in [0.15, 0.2) is 9.84 Å². The van der Waals surface area contributed by atoms with Gasteiger partial charge in [0.05, 0.1) is 0 Å². The fourth-order valence-corrected chi connectivity index (χ4v) is 3.70. The molecule has 0 bridgehead atoms. The minimum atomic E-state index is -2.93. The number of nitrogens with zero attached hydrogens (tertiary/aromatic N) is 1. The molecule has 2 rings (SSSR count). The SMILES string of the molecule is CS(=O)(=O)C1NCCN2CCCC12. The van der Waals surface area contributed by atoms with Crippen LogP contribution in [0.15, 0.2) is 0 Å². The van der Waals surface area contributed by atoms with E-state index in [4.69, 9.17) is 0 Å². The predicted molar refractivity (Wildman–Crippen MR) is 51.2 cm³/mol. The van der Waals surface area contributed by atoms with Gasteiger partial charge in [0, 0.05) is 25.4 Å². The van der Waals surface area contributed by atoms with Crippen molar-refractivity contribution in [3.63, 3.8) is 0 Å². The molecule has 4 nitrogen and oxygen atoms in total. The number of nitrogens with one attached hydrogen (secondary N) is 1. The first kappa shape index (κ1) is 9.43. The summed E-state index contributed by atoms with van der Waals surface area (Å²) in [6.07, 6.45) is 3.48. The Kier molecular flexibility index (Phi) is 2.33. The number of rotatable bonds is 1. The summed E-state index contributed by atoms with van der Waals surface area (Å²) in [6, 6.07) is 0.226. The fraction of sp³-hybridized carbons (Fsp3) is 1.00. The lowest BCUT2D eigenvalue weighted by atomic mass is 10.2. The van der Waals surface area contributed by atoms with Gasteiger partial charge in [-0.1, -0.05) is 0 Å². The first-order valence-corrected chi connectivity index (χ1v) is 6.71. The third kappa shape index (κ3) is 1.73. The lowest BCUT2D eigenvalue weighted by Crippen LogP contribution is -2.58. The molecule has 0 spiro atoms. The van der Waals surface area contributed by atoms with E-state index in [1.165, 1.54) is 6.26 Å². The van der Waals surface area contributed by atoms with E-state index in [-0.39, 0.29) is 11.4 Å². The average molecular weight is 204 g/mol. The van der Waals surface area contributed by atoms with Crippen LogP contribution in [0, 0.1) is 0 Å². The van der Waals surface area contributed by atoms with E-state index in [2.05, 4.69) is 10.2 Å². The molecule has 13 heavy (non-hydrogen) atoms. The van der Waals surface area contributed by atoms with Crippen LogP contribution in [0.2, 0.25) is 0 Å². The van der Waals surface area contributed by atoms with Crippen LogP contribution in [0.4, 0.5) is 0 Å². The van der Waals surface area contributed by atoms with Crippen molar-refractivity contribution >= 4 is 9.84 Å². The zero-order valence-electron chi connectivity index (χ0n) is 7.86. The van der Waals surface area contributed by atoms with Gasteiger partial charge in [0.1, 0.15) is 5.37 Å². The summed E-state index contributed by atoms with van der Waals surface area (Å²) in [5.74, 6) is 0. The van der Waals surface area contributed by atoms with Crippen molar-refractivity contribution < 1.29 is 8.42 Å². The van der Waals surface area contributed by atoms with Crippen LogP contribution >= 0.6 is 0 Å². The summed E-state index contributed by atoms with van der Waals surface area (Å²) in [7, 11) is -2.93. The van der Waals surface area contributed by atoms with Crippen molar-refractivity contribution in [3.8, 4) is 0 Å². The summed E-state index contributed by atoms with van der Waals surface area (Å²) in [5, 5.41) is 2.77. The number of hydrogen-bond donors (Lipinski definition) is 1. The van der Waals surface area contributed by atoms with Crippen molar-refractivity contribution in [3.05, 3.63) is 0 Å². The van der Waals surface area contributed by atoms with E-state index < -0.39 is 9.84 Å². The highest BCUT2D eigenvalue weighted by atomic mass is 32.2. The van der Waals surface area contributed by atoms with E-state index in [0.717, 1.165) is 32.5 Å². The van der Waals surface area contributed by atoms with Crippen LogP contribution in [0.5, 0.6) is 0 Å². The number of piperazine rings is 1. The summed E-state index contributed by atoms with van der Waals surface area (Å²) >= 11 is 0. The van der Waals surface area contributed by atoms with Crippen LogP contribution in [0.3, 0.4) is 0 Å². The molecule has 76 valence electrons. The molecule has 2 heterocycles. The highest BCUT2D eigenvalue weighted by Gasteiger charge is 2.39. The Morgan fingerprint density at radius 2 is 2.15 bits per heavy atom. The molecule has 2 aliphatic heterocycles. The Bertz CT molecular complexity index is 289. The first-order chi connectivity index (χ1) is 6.09. The molecule has 5 heteroatoms. The van der Waals surface area contributed by atoms with Crippen LogP contribution in [0.25, 0.3) is 0 Å². The maximum atomic E-state index is 11.4. The Morgan fingerprint density at radius 1 is 1.38 bits per heavy atom. The second kappa shape index (κ2) is 3.22. The highest BCUT2D eigenvalue weighted by Crippen LogP contribution is 2.24. The van der Waals surface area contributed by atoms with Gasteiger partial charge in [0.2, 0.25) is 0 Å². The lowest BCUT2D eigenvalue weighted by molar-refractivity contribution is 0.195. The summed E-state index contributed by atoms with van der Waals surface area (Å²) in [6.45, 7) is 2.86. The van der Waals surface area contributed by atoms with Gasteiger partial charge in [-0.3, -0.25) is 10.2 Å². The normalized spacial score (nSPS) is 36.1. The van der Waals surface area contributed by atoms with Crippen LogP contribution in [-0.2, 0) is 9.84 Å². The number of hydrogen-bond acceptors (Lipinski definition) is 4. The molecule has 2 unspecified atom stereocenters.